The number of nitrogens with zero attached hydrogens (tertiary/aromatic N) is 5. The van der Waals surface area contributed by atoms with E-state index < -0.39 is 6.03 Å². The zero-order valence-electron chi connectivity index (χ0n) is 23.5. The van der Waals surface area contributed by atoms with Crippen molar-refractivity contribution in [2.45, 2.75) is 69.9 Å². The fraction of sp³-hybridized carbons (Fsp3) is 0.387. The molecule has 3 aromatic heterocycles. The van der Waals surface area contributed by atoms with Crippen LogP contribution in [-0.2, 0) is 4.79 Å². The second kappa shape index (κ2) is 10.8. The molecule has 41 heavy (non-hydrogen) atoms. The molecule has 3 unspecified atom stereocenters. The van der Waals surface area contributed by atoms with Crippen LogP contribution in [0.1, 0.15) is 69.0 Å². The predicted molar refractivity (Wildman–Crippen MR) is 158 cm³/mol. The number of carbonyl (C=O) groups is 2. The van der Waals surface area contributed by atoms with Gasteiger partial charge >= 0.3 is 6.03 Å². The van der Waals surface area contributed by atoms with Crippen LogP contribution in [0.25, 0.3) is 28.0 Å². The Bertz CT molecular complexity index is 1580. The summed E-state index contributed by atoms with van der Waals surface area (Å²) >= 11 is 0. The van der Waals surface area contributed by atoms with Crippen LogP contribution in [0.3, 0.4) is 0 Å². The Kier molecular flexibility index (Phi) is 7.07. The van der Waals surface area contributed by atoms with Crippen LogP contribution >= 0.6 is 0 Å². The van der Waals surface area contributed by atoms with Gasteiger partial charge in [-0.15, -0.1) is 0 Å². The summed E-state index contributed by atoms with van der Waals surface area (Å²) < 4.78 is 1.76. The minimum Gasteiger partial charge on any atom is -0.383 e. The molecular formula is C31H36N8O2. The number of hydrogen-bond donors (Lipinski definition) is 3. The second-order valence-electron chi connectivity index (χ2n) is 11.4. The van der Waals surface area contributed by atoms with Crippen molar-refractivity contribution in [3.05, 3.63) is 66.1 Å². The van der Waals surface area contributed by atoms with Gasteiger partial charge in [-0.05, 0) is 51.0 Å². The molecule has 2 fully saturated rings. The van der Waals surface area contributed by atoms with E-state index in [1.807, 2.05) is 59.8 Å². The Morgan fingerprint density at radius 2 is 1.83 bits per heavy atom. The number of amides is 3. The zero-order chi connectivity index (χ0) is 28.7. The summed E-state index contributed by atoms with van der Waals surface area (Å²) in [6, 6.07) is 13.6. The van der Waals surface area contributed by atoms with Crippen molar-refractivity contribution >= 4 is 23.4 Å². The number of nitrogens with one attached hydrogen (secondary N) is 1. The van der Waals surface area contributed by atoms with E-state index in [9.17, 15) is 9.59 Å². The van der Waals surface area contributed by atoms with E-state index in [-0.39, 0.29) is 30.5 Å². The summed E-state index contributed by atoms with van der Waals surface area (Å²) in [4.78, 5) is 36.0. The third kappa shape index (κ3) is 5.21. The fourth-order valence-electron chi connectivity index (χ4n) is 6.27. The smallest absolute Gasteiger partial charge is 0.312 e. The monoisotopic (exact) mass is 552 g/mol. The molecule has 6 rings (SSSR count). The van der Waals surface area contributed by atoms with Crippen LogP contribution in [0.5, 0.6) is 0 Å². The van der Waals surface area contributed by atoms with Crippen molar-refractivity contribution in [2.24, 2.45) is 5.73 Å². The summed E-state index contributed by atoms with van der Waals surface area (Å²) in [5.74, 6) is 0.969. The molecule has 0 bridgehead atoms. The summed E-state index contributed by atoms with van der Waals surface area (Å²) in [5, 5.41) is 7.08. The molecule has 3 amide bonds. The highest BCUT2D eigenvalue weighted by atomic mass is 16.2. The summed E-state index contributed by atoms with van der Waals surface area (Å²) in [7, 11) is 0. The number of nitrogen functional groups attached to an aromatic ring is 1. The van der Waals surface area contributed by atoms with E-state index in [0.29, 0.717) is 17.4 Å². The van der Waals surface area contributed by atoms with Gasteiger partial charge in [-0.3, -0.25) is 9.78 Å². The van der Waals surface area contributed by atoms with Crippen molar-refractivity contribution < 1.29 is 9.59 Å². The first-order valence-electron chi connectivity index (χ1n) is 14.3. The molecule has 10 heteroatoms. The zero-order valence-corrected chi connectivity index (χ0v) is 23.5. The van der Waals surface area contributed by atoms with Crippen LogP contribution in [-0.4, -0.2) is 55.0 Å². The Morgan fingerprint density at radius 3 is 2.51 bits per heavy atom. The van der Waals surface area contributed by atoms with E-state index in [0.717, 1.165) is 65.7 Å². The van der Waals surface area contributed by atoms with Gasteiger partial charge in [-0.2, -0.15) is 9.61 Å². The molecule has 0 spiro atoms. The number of hydrogen-bond acceptors (Lipinski definition) is 6. The van der Waals surface area contributed by atoms with E-state index in [1.54, 1.807) is 4.52 Å². The molecule has 1 saturated heterocycles. The van der Waals surface area contributed by atoms with E-state index in [1.165, 1.54) is 0 Å². The lowest BCUT2D eigenvalue weighted by atomic mass is 9.92. The first-order chi connectivity index (χ1) is 19.8. The average Bonchev–Trinajstić information content (AvgIpc) is 3.61. The average molecular weight is 553 g/mol. The Balaban J connectivity index is 1.32. The minimum absolute atomic E-state index is 0.0487. The molecule has 0 radical (unpaired) electrons. The van der Waals surface area contributed by atoms with Gasteiger partial charge in [0.05, 0.1) is 24.1 Å². The van der Waals surface area contributed by atoms with E-state index >= 15 is 0 Å². The van der Waals surface area contributed by atoms with Gasteiger partial charge in [0.2, 0.25) is 5.91 Å². The fourth-order valence-corrected chi connectivity index (χ4v) is 6.27. The van der Waals surface area contributed by atoms with Gasteiger partial charge in [-0.1, -0.05) is 43.3 Å². The lowest BCUT2D eigenvalue weighted by molar-refractivity contribution is -0.132. The van der Waals surface area contributed by atoms with Gasteiger partial charge < -0.3 is 21.7 Å². The summed E-state index contributed by atoms with van der Waals surface area (Å²) in [6.45, 7) is 4.13. The summed E-state index contributed by atoms with van der Waals surface area (Å²) in [5.41, 5.74) is 18.5. The van der Waals surface area contributed by atoms with Crippen molar-refractivity contribution in [3.8, 4) is 22.4 Å². The number of rotatable bonds is 8. The van der Waals surface area contributed by atoms with Crippen LogP contribution < -0.4 is 16.8 Å². The van der Waals surface area contributed by atoms with Gasteiger partial charge in [0.15, 0.2) is 5.65 Å². The minimum atomic E-state index is -0.696. The highest BCUT2D eigenvalue weighted by Gasteiger charge is 2.38. The molecule has 1 aromatic carbocycles. The number of anilines is 1. The van der Waals surface area contributed by atoms with Crippen LogP contribution in [0.4, 0.5) is 10.6 Å². The van der Waals surface area contributed by atoms with Crippen LogP contribution in [0, 0.1) is 0 Å². The molecule has 2 aliphatic rings. The number of aromatic nitrogens is 4. The number of likely N-dealkylation sites (tertiary alicyclic amines) is 1. The third-order valence-electron chi connectivity index (χ3n) is 8.46. The van der Waals surface area contributed by atoms with Crippen molar-refractivity contribution in [3.63, 3.8) is 0 Å². The lowest BCUT2D eigenvalue weighted by Gasteiger charge is -2.31. The molecule has 1 aliphatic heterocycles. The Hall–Kier alpha value is -4.47. The molecule has 4 aromatic rings. The topological polar surface area (TPSA) is 145 Å². The molecule has 212 valence electrons. The third-order valence-corrected chi connectivity index (χ3v) is 8.46. The normalized spacial score (nSPS) is 19.4. The number of nitrogens with two attached hydrogens (primary N) is 2. The van der Waals surface area contributed by atoms with E-state index in [4.69, 9.17) is 21.4 Å². The van der Waals surface area contributed by atoms with Gasteiger partial charge in [0, 0.05) is 46.5 Å². The quantitative estimate of drug-likeness (QED) is 0.294. The largest absolute Gasteiger partial charge is 0.383 e. The number of benzene rings is 1. The molecule has 1 saturated carbocycles. The first-order valence-corrected chi connectivity index (χ1v) is 14.3. The van der Waals surface area contributed by atoms with E-state index in [2.05, 4.69) is 24.3 Å². The number of carbonyl (C=O) groups excluding carboxylic acids is 2. The number of pyridine rings is 1. The molecular weight excluding hydrogens is 516 g/mol. The Labute approximate surface area is 239 Å². The molecule has 10 nitrogen and oxygen atoms in total. The maximum absolute atomic E-state index is 13.0. The summed E-state index contributed by atoms with van der Waals surface area (Å²) in [6.07, 6.45) is 8.42. The maximum Gasteiger partial charge on any atom is 0.312 e. The van der Waals surface area contributed by atoms with Gasteiger partial charge in [-0.25, -0.2) is 9.78 Å². The molecule has 4 heterocycles. The molecule has 5 N–H and O–H groups in total. The molecule has 3 atom stereocenters. The van der Waals surface area contributed by atoms with Crippen LogP contribution in [0.15, 0.2) is 54.9 Å². The Morgan fingerprint density at radius 1 is 1.05 bits per heavy atom. The number of urea groups is 1. The number of fused-ring (bicyclic) bond motifs is 1. The highest BCUT2D eigenvalue weighted by Crippen LogP contribution is 2.47. The SMILES string of the molecule is CC(CC1CCC(C)N1C(=O)CNC(N)=O)c1nc2c(-c3ccc(-c4ccccc4)nc3)cnn2c(N)c1C1CC1. The number of primary amides is 1. The lowest BCUT2D eigenvalue weighted by Crippen LogP contribution is -2.46. The van der Waals surface area contributed by atoms with Gasteiger partial charge in [0.1, 0.15) is 5.82 Å². The standard InChI is InChI=1S/C31H36N8O2/c1-18(14-23-12-8-19(2)38(23)26(40)17-35-31(33)41)28-27(21-9-10-21)29(32)39-30(37-28)24(16-36-39)22-11-13-25(34-15-22)20-6-4-3-5-7-20/h3-7,11,13,15-16,18-19,21,23H,8-10,12,14,17,32H2,1-2H3,(H3,33,35,41). The first kappa shape index (κ1) is 26.7. The molecule has 1 aliphatic carbocycles. The van der Waals surface area contributed by atoms with Crippen molar-refractivity contribution in [1.82, 2.24) is 29.8 Å². The highest BCUT2D eigenvalue weighted by molar-refractivity contribution is 5.84. The predicted octanol–water partition coefficient (Wildman–Crippen LogP) is 4.46. The van der Waals surface area contributed by atoms with Crippen molar-refractivity contribution in [1.29, 1.82) is 0 Å². The van der Waals surface area contributed by atoms with Gasteiger partial charge in [0.25, 0.3) is 0 Å². The van der Waals surface area contributed by atoms with Crippen molar-refractivity contribution in [2.75, 3.05) is 12.3 Å². The second-order valence-corrected chi connectivity index (χ2v) is 11.4. The van der Waals surface area contributed by atoms with Crippen LogP contribution in [0.2, 0.25) is 0 Å². The maximum atomic E-state index is 13.0.